The van der Waals surface area contributed by atoms with Crippen molar-refractivity contribution in [2.75, 3.05) is 5.73 Å². The molecule has 35 heavy (non-hydrogen) atoms. The average Bonchev–Trinajstić information content (AvgIpc) is 3.07. The summed E-state index contributed by atoms with van der Waals surface area (Å²) in [5, 5.41) is 25.4. The van der Waals surface area contributed by atoms with E-state index in [1.54, 1.807) is 0 Å². The highest BCUT2D eigenvalue weighted by Crippen LogP contribution is 2.33. The molecule has 19 heteroatoms. The molecule has 0 aromatic carbocycles. The van der Waals surface area contributed by atoms with Crippen molar-refractivity contribution in [3.8, 4) is 5.75 Å². The minimum Gasteiger partial charge on any atom is -0.503 e. The molecule has 1 aliphatic rings. The predicted octanol–water partition coefficient (Wildman–Crippen LogP) is -0.756. The second-order valence-electron chi connectivity index (χ2n) is 7.44. The second-order valence-corrected chi connectivity index (χ2v) is 10.1. The van der Waals surface area contributed by atoms with Crippen molar-refractivity contribution in [3.63, 3.8) is 0 Å². The van der Waals surface area contributed by atoms with Gasteiger partial charge in [-0.15, -0.1) is 4.28 Å². The third-order valence-corrected chi connectivity index (χ3v) is 6.04. The van der Waals surface area contributed by atoms with Crippen molar-refractivity contribution >= 4 is 56.0 Å². The molecule has 0 saturated carbocycles. The first-order chi connectivity index (χ1) is 16.1. The van der Waals surface area contributed by atoms with Gasteiger partial charge >= 0.3 is 10.4 Å². The minimum atomic E-state index is -5.00. The van der Waals surface area contributed by atoms with Crippen LogP contribution in [0.15, 0.2) is 22.2 Å². The van der Waals surface area contributed by atoms with Crippen LogP contribution < -0.4 is 16.5 Å². The molecule has 2 aromatic heterocycles. The van der Waals surface area contributed by atoms with E-state index in [1.807, 2.05) is 0 Å². The summed E-state index contributed by atoms with van der Waals surface area (Å²) in [6.07, 6.45) is 0.723. The van der Waals surface area contributed by atoms with E-state index in [1.165, 1.54) is 13.8 Å². The first-order valence-corrected chi connectivity index (χ1v) is 11.8. The van der Waals surface area contributed by atoms with Gasteiger partial charge in [-0.2, -0.15) is 18.2 Å². The Morgan fingerprint density at radius 2 is 2.09 bits per heavy atom. The number of aromatic nitrogens is 2. The predicted molar refractivity (Wildman–Crippen MR) is 118 cm³/mol. The van der Waals surface area contributed by atoms with Crippen LogP contribution in [0.4, 0.5) is 5.13 Å². The summed E-state index contributed by atoms with van der Waals surface area (Å²) in [6.45, 7) is 2.14. The second kappa shape index (κ2) is 9.30. The van der Waals surface area contributed by atoms with E-state index in [4.69, 9.17) is 26.7 Å². The van der Waals surface area contributed by atoms with Crippen molar-refractivity contribution < 1.29 is 42.0 Å². The lowest BCUT2D eigenvalue weighted by Crippen LogP contribution is -2.76. The molecule has 2 aromatic rings. The molecule has 0 spiro atoms. The number of amides is 2. The summed E-state index contributed by atoms with van der Waals surface area (Å²) in [6, 6.07) is -0.464. The molecule has 3 rings (SSSR count). The number of nitrogens with two attached hydrogens (primary N) is 1. The summed E-state index contributed by atoms with van der Waals surface area (Å²) >= 11 is 6.87. The Bertz CT molecular complexity index is 1390. The Balaban J connectivity index is 1.85. The van der Waals surface area contributed by atoms with Gasteiger partial charge in [0, 0.05) is 6.07 Å². The lowest BCUT2D eigenvalue weighted by atomic mass is 9.84. The number of hydroxylamine groups is 2. The SMILES string of the molecule is CC1(C)C(NC(=O)/C(=N\OCc2cc(=O)c(O)cn2O)c2nc(N)sc2Cl)C(=O)N1OS(=O)(=O)O. The van der Waals surface area contributed by atoms with E-state index >= 15 is 0 Å². The molecular weight excluding hydrogens is 536 g/mol. The highest BCUT2D eigenvalue weighted by molar-refractivity contribution is 7.80. The summed E-state index contributed by atoms with van der Waals surface area (Å²) in [5.41, 5.74) is 2.47. The molecule has 190 valence electrons. The molecule has 1 aliphatic heterocycles. The van der Waals surface area contributed by atoms with Gasteiger partial charge in [-0.3, -0.25) is 18.9 Å². The van der Waals surface area contributed by atoms with Crippen molar-refractivity contribution in [1.29, 1.82) is 0 Å². The molecule has 3 heterocycles. The van der Waals surface area contributed by atoms with Gasteiger partial charge in [-0.25, -0.2) is 4.98 Å². The van der Waals surface area contributed by atoms with Gasteiger partial charge in [-0.05, 0) is 13.8 Å². The van der Waals surface area contributed by atoms with Crippen LogP contribution in [0.25, 0.3) is 0 Å². The number of hydrogen-bond acceptors (Lipinski definition) is 13. The number of nitrogens with zero attached hydrogens (tertiary/aromatic N) is 4. The van der Waals surface area contributed by atoms with Crippen molar-refractivity contribution in [2.45, 2.75) is 32.0 Å². The van der Waals surface area contributed by atoms with Gasteiger partial charge < -0.3 is 26.2 Å². The van der Waals surface area contributed by atoms with Crippen LogP contribution in [0, 0.1) is 0 Å². The number of anilines is 1. The molecule has 16 nitrogen and oxygen atoms in total. The van der Waals surface area contributed by atoms with Crippen LogP contribution >= 0.6 is 22.9 Å². The number of hydrogen-bond donors (Lipinski definition) is 5. The monoisotopic (exact) mass is 552 g/mol. The summed E-state index contributed by atoms with van der Waals surface area (Å²) in [5.74, 6) is -2.76. The van der Waals surface area contributed by atoms with E-state index in [9.17, 15) is 33.1 Å². The molecule has 1 unspecified atom stereocenters. The fourth-order valence-electron chi connectivity index (χ4n) is 2.90. The van der Waals surface area contributed by atoms with Gasteiger partial charge in [0.15, 0.2) is 23.2 Å². The maximum Gasteiger partial charge on any atom is 0.418 e. The number of halogens is 1. The van der Waals surface area contributed by atoms with Crippen LogP contribution in [0.1, 0.15) is 25.2 Å². The van der Waals surface area contributed by atoms with Crippen LogP contribution in [-0.4, -0.2) is 67.2 Å². The number of pyridine rings is 1. The standard InChI is InChI=1S/C16H17ClN6O10S2/c1-16(2)11(14(27)23(16)33-35(29,30)31)20-13(26)10(9-12(17)34-15(18)19-9)21-32-5-6-3-7(24)8(25)4-22(6)28/h3-4,11,25,28H,5H2,1-2H3,(H2,18,19)(H,20,26)(H,29,30,31)/b21-10-. The zero-order chi connectivity index (χ0) is 26.3. The quantitative estimate of drug-likeness (QED) is 0.0893. The lowest BCUT2D eigenvalue weighted by Gasteiger charge is -2.50. The molecule has 6 N–H and O–H groups in total. The van der Waals surface area contributed by atoms with Crippen molar-refractivity contribution in [2.24, 2.45) is 5.16 Å². The maximum atomic E-state index is 13.0. The number of aromatic hydroxyl groups is 1. The largest absolute Gasteiger partial charge is 0.503 e. The number of carbonyl (C=O) groups is 2. The highest BCUT2D eigenvalue weighted by atomic mass is 35.5. The van der Waals surface area contributed by atoms with E-state index in [2.05, 4.69) is 19.7 Å². The smallest absolute Gasteiger partial charge is 0.418 e. The van der Waals surface area contributed by atoms with Crippen LogP contribution in [-0.2, 0) is 35.7 Å². The van der Waals surface area contributed by atoms with Crippen LogP contribution in [0.2, 0.25) is 4.34 Å². The highest BCUT2D eigenvalue weighted by Gasteiger charge is 2.58. The van der Waals surface area contributed by atoms with Gasteiger partial charge in [0.25, 0.3) is 11.8 Å². The minimum absolute atomic E-state index is 0.0268. The topological polar surface area (TPSA) is 236 Å². The molecule has 0 aliphatic carbocycles. The fraction of sp³-hybridized carbons (Fsp3) is 0.312. The van der Waals surface area contributed by atoms with Gasteiger partial charge in [0.1, 0.15) is 21.8 Å². The fourth-order valence-corrected chi connectivity index (χ4v) is 4.28. The Hall–Kier alpha value is -3.45. The number of β-lactam (4-membered cyclic amide) rings is 1. The molecule has 2 amide bonds. The number of thiazole rings is 1. The Morgan fingerprint density at radius 3 is 2.63 bits per heavy atom. The van der Waals surface area contributed by atoms with Crippen molar-refractivity contribution in [1.82, 2.24) is 20.1 Å². The molecule has 0 radical (unpaired) electrons. The normalized spacial score (nSPS) is 17.7. The third-order valence-electron chi connectivity index (χ3n) is 4.62. The Morgan fingerprint density at radius 1 is 1.43 bits per heavy atom. The first kappa shape index (κ1) is 26.2. The van der Waals surface area contributed by atoms with Crippen LogP contribution in [0.5, 0.6) is 5.75 Å². The Kier molecular flexibility index (Phi) is 6.95. The van der Waals surface area contributed by atoms with E-state index < -0.39 is 57.3 Å². The molecule has 0 bridgehead atoms. The number of oxime groups is 1. The number of carbonyl (C=O) groups excluding carboxylic acids is 2. The van der Waals surface area contributed by atoms with E-state index in [0.717, 1.165) is 23.6 Å². The van der Waals surface area contributed by atoms with Crippen molar-refractivity contribution in [3.05, 3.63) is 38.2 Å². The molecular formula is C16H17ClN6O10S2. The van der Waals surface area contributed by atoms with E-state index in [0.29, 0.717) is 9.79 Å². The van der Waals surface area contributed by atoms with Crippen LogP contribution in [0.3, 0.4) is 0 Å². The maximum absolute atomic E-state index is 13.0. The molecule has 1 saturated heterocycles. The van der Waals surface area contributed by atoms with Gasteiger partial charge in [0.2, 0.25) is 5.43 Å². The average molecular weight is 553 g/mol. The zero-order valence-electron chi connectivity index (χ0n) is 17.7. The Labute approximate surface area is 205 Å². The van der Waals surface area contributed by atoms with Gasteiger partial charge in [0.05, 0.1) is 11.7 Å². The molecule has 1 atom stereocenters. The lowest BCUT2D eigenvalue weighted by molar-refractivity contribution is -0.218. The number of rotatable bonds is 8. The number of nitrogen functional groups attached to an aromatic ring is 1. The summed E-state index contributed by atoms with van der Waals surface area (Å²) in [7, 11) is -5.00. The van der Waals surface area contributed by atoms with Gasteiger partial charge in [-0.1, -0.05) is 28.1 Å². The molecule has 1 fully saturated rings. The summed E-state index contributed by atoms with van der Waals surface area (Å²) < 4.78 is 35.3. The third kappa shape index (κ3) is 5.46. The zero-order valence-corrected chi connectivity index (χ0v) is 20.1. The number of nitrogens with one attached hydrogen (secondary N) is 1. The van der Waals surface area contributed by atoms with E-state index in [-0.39, 0.29) is 20.9 Å². The first-order valence-electron chi connectivity index (χ1n) is 9.19. The summed E-state index contributed by atoms with van der Waals surface area (Å²) in [4.78, 5) is 45.8.